The zero-order valence-electron chi connectivity index (χ0n) is 27.2. The summed E-state index contributed by atoms with van der Waals surface area (Å²) in [4.78, 5) is 58.9. The fraction of sp³-hybridized carbons (Fsp3) is 0.265. The highest BCUT2D eigenvalue weighted by Gasteiger charge is 2.41. The van der Waals surface area contributed by atoms with Crippen molar-refractivity contribution < 1.29 is 37.4 Å². The molecule has 1 unspecified atom stereocenters. The number of carbonyl (C=O) groups excluding carboxylic acids is 2. The van der Waals surface area contributed by atoms with Gasteiger partial charge in [0, 0.05) is 31.3 Å². The molecule has 16 heteroatoms. The Kier molecular flexibility index (Phi) is 10.8. The summed E-state index contributed by atoms with van der Waals surface area (Å²) in [5, 5.41) is 15.2. The molecule has 15 nitrogen and oxygen atoms in total. The summed E-state index contributed by atoms with van der Waals surface area (Å²) in [6.45, 7) is 0.208. The van der Waals surface area contributed by atoms with Crippen molar-refractivity contribution in [3.05, 3.63) is 112 Å². The van der Waals surface area contributed by atoms with Crippen LogP contribution in [0.2, 0.25) is 0 Å². The molecule has 0 radical (unpaired) electrons. The van der Waals surface area contributed by atoms with Crippen LogP contribution in [0.15, 0.2) is 94.7 Å². The maximum Gasteiger partial charge on any atom is 0.346 e. The molecule has 1 saturated heterocycles. The fourth-order valence-electron chi connectivity index (χ4n) is 5.81. The first kappa shape index (κ1) is 35.6. The van der Waals surface area contributed by atoms with Gasteiger partial charge in [-0.1, -0.05) is 54.6 Å². The number of carboxylic acid groups (broad SMARTS) is 1. The number of methoxy groups -OCH3 is 2. The SMILES string of the molecule is COc1cccc(OC)c1C(=O)Nc1[nH]c(=O)ncc1CC(NC(=O)N1CCC(NS(=O)(=O)c2ccccc2)(c2ccccc2)CC1)C(=O)O. The number of benzene rings is 3. The second kappa shape index (κ2) is 15.2. The van der Waals surface area contributed by atoms with Crippen molar-refractivity contribution >= 4 is 33.7 Å². The van der Waals surface area contributed by atoms with E-state index in [0.29, 0.717) is 0 Å². The summed E-state index contributed by atoms with van der Waals surface area (Å²) in [5.41, 5.74) is -0.944. The number of aromatic nitrogens is 2. The third-order valence-corrected chi connectivity index (χ3v) is 9.97. The summed E-state index contributed by atoms with van der Waals surface area (Å²) in [5.74, 6) is -1.82. The number of hydrogen-bond donors (Lipinski definition) is 5. The lowest BCUT2D eigenvalue weighted by Gasteiger charge is -2.42. The number of aromatic amines is 1. The van der Waals surface area contributed by atoms with E-state index in [1.54, 1.807) is 48.5 Å². The van der Waals surface area contributed by atoms with Crippen LogP contribution < -0.4 is 30.5 Å². The molecule has 0 saturated carbocycles. The number of anilines is 1. The molecule has 1 atom stereocenters. The minimum atomic E-state index is -3.93. The number of rotatable bonds is 12. The van der Waals surface area contributed by atoms with Crippen molar-refractivity contribution in [3.63, 3.8) is 0 Å². The Bertz CT molecular complexity index is 1990. The number of sulfonamides is 1. The molecule has 5 rings (SSSR count). The topological polar surface area (TPSA) is 209 Å². The quantitative estimate of drug-likeness (QED) is 0.146. The van der Waals surface area contributed by atoms with Crippen molar-refractivity contribution in [2.45, 2.75) is 35.7 Å². The van der Waals surface area contributed by atoms with Crippen LogP contribution in [-0.2, 0) is 26.8 Å². The number of nitrogens with one attached hydrogen (secondary N) is 4. The van der Waals surface area contributed by atoms with E-state index in [4.69, 9.17) is 9.47 Å². The van der Waals surface area contributed by atoms with E-state index in [9.17, 15) is 32.7 Å². The Morgan fingerprint density at radius 3 is 2.12 bits per heavy atom. The molecule has 3 amide bonds. The second-order valence-electron chi connectivity index (χ2n) is 11.5. The molecule has 1 aromatic heterocycles. The summed E-state index contributed by atoms with van der Waals surface area (Å²) in [6.07, 6.45) is 1.17. The number of ether oxygens (including phenoxy) is 2. The Hall–Kier alpha value is -5.74. The molecule has 0 spiro atoms. The minimum Gasteiger partial charge on any atom is -0.496 e. The van der Waals surface area contributed by atoms with Crippen molar-refractivity contribution in [2.75, 3.05) is 32.6 Å². The van der Waals surface area contributed by atoms with Crippen molar-refractivity contribution in [3.8, 4) is 11.5 Å². The predicted octanol–water partition coefficient (Wildman–Crippen LogP) is 2.71. The summed E-state index contributed by atoms with van der Waals surface area (Å²) < 4.78 is 40.3. The fourth-order valence-corrected chi connectivity index (χ4v) is 7.28. The molecule has 1 fully saturated rings. The van der Waals surface area contributed by atoms with Gasteiger partial charge in [-0.05, 0) is 42.7 Å². The maximum absolute atomic E-state index is 13.4. The molecule has 0 bridgehead atoms. The molecule has 1 aliphatic rings. The van der Waals surface area contributed by atoms with Gasteiger partial charge in [-0.25, -0.2) is 32.5 Å². The van der Waals surface area contributed by atoms with Gasteiger partial charge in [0.05, 0.1) is 24.7 Å². The summed E-state index contributed by atoms with van der Waals surface area (Å²) in [6, 6.07) is 19.6. The van der Waals surface area contributed by atoms with E-state index in [0.717, 1.165) is 11.8 Å². The Morgan fingerprint density at radius 1 is 0.940 bits per heavy atom. The largest absolute Gasteiger partial charge is 0.496 e. The third-order valence-electron chi connectivity index (χ3n) is 8.42. The average Bonchev–Trinajstić information content (AvgIpc) is 3.12. The lowest BCUT2D eigenvalue weighted by Crippen LogP contribution is -2.57. The molecular weight excluding hydrogens is 668 g/mol. The molecule has 1 aliphatic heterocycles. The van der Waals surface area contributed by atoms with Crippen LogP contribution in [0, 0.1) is 0 Å². The highest BCUT2D eigenvalue weighted by molar-refractivity contribution is 7.89. The third kappa shape index (κ3) is 7.93. The van der Waals surface area contributed by atoms with E-state index in [-0.39, 0.29) is 65.7 Å². The predicted molar refractivity (Wildman–Crippen MR) is 182 cm³/mol. The van der Waals surface area contributed by atoms with Crippen LogP contribution in [-0.4, -0.2) is 79.7 Å². The number of urea groups is 1. The van der Waals surface area contributed by atoms with Gasteiger partial charge in [0.1, 0.15) is 28.9 Å². The van der Waals surface area contributed by atoms with Crippen LogP contribution in [0.25, 0.3) is 0 Å². The van der Waals surface area contributed by atoms with Gasteiger partial charge in [-0.3, -0.25) is 9.78 Å². The molecule has 4 aromatic rings. The highest BCUT2D eigenvalue weighted by Crippen LogP contribution is 2.35. The number of carboxylic acids is 1. The second-order valence-corrected chi connectivity index (χ2v) is 13.2. The van der Waals surface area contributed by atoms with Crippen LogP contribution in [0.4, 0.5) is 10.6 Å². The van der Waals surface area contributed by atoms with E-state index in [1.807, 2.05) is 18.2 Å². The Balaban J connectivity index is 1.32. The molecule has 2 heterocycles. The first-order valence-corrected chi connectivity index (χ1v) is 17.0. The van der Waals surface area contributed by atoms with E-state index in [2.05, 4.69) is 25.3 Å². The van der Waals surface area contributed by atoms with Crippen LogP contribution >= 0.6 is 0 Å². The average molecular weight is 705 g/mol. The number of H-pyrrole nitrogens is 1. The number of nitrogens with zero attached hydrogens (tertiary/aromatic N) is 2. The Morgan fingerprint density at radius 2 is 1.54 bits per heavy atom. The van der Waals surface area contributed by atoms with E-state index in [1.165, 1.54) is 31.3 Å². The highest BCUT2D eigenvalue weighted by atomic mass is 32.2. The molecular formula is C34H36N6O9S. The van der Waals surface area contributed by atoms with Crippen LogP contribution in [0.5, 0.6) is 11.5 Å². The van der Waals surface area contributed by atoms with Crippen molar-refractivity contribution in [1.82, 2.24) is 24.9 Å². The molecule has 3 aromatic carbocycles. The number of hydrogen-bond acceptors (Lipinski definition) is 9. The monoisotopic (exact) mass is 704 g/mol. The number of carbonyl (C=O) groups is 3. The molecule has 5 N–H and O–H groups in total. The number of amides is 3. The smallest absolute Gasteiger partial charge is 0.346 e. The number of piperidine rings is 1. The Labute approximate surface area is 287 Å². The lowest BCUT2D eigenvalue weighted by atomic mass is 9.82. The van der Waals surface area contributed by atoms with Gasteiger partial charge in [0.15, 0.2) is 0 Å². The van der Waals surface area contributed by atoms with Gasteiger partial charge < -0.3 is 30.1 Å². The first-order valence-electron chi connectivity index (χ1n) is 15.5. The van der Waals surface area contributed by atoms with E-state index < -0.39 is 45.2 Å². The van der Waals surface area contributed by atoms with Crippen molar-refractivity contribution in [2.24, 2.45) is 0 Å². The first-order chi connectivity index (χ1) is 24.0. The normalized spacial score (nSPS) is 14.6. The van der Waals surface area contributed by atoms with Crippen molar-refractivity contribution in [1.29, 1.82) is 0 Å². The summed E-state index contributed by atoms with van der Waals surface area (Å²) >= 11 is 0. The lowest BCUT2D eigenvalue weighted by molar-refractivity contribution is -0.139. The van der Waals surface area contributed by atoms with E-state index >= 15 is 0 Å². The van der Waals surface area contributed by atoms with Gasteiger partial charge in [-0.2, -0.15) is 0 Å². The van der Waals surface area contributed by atoms with Gasteiger partial charge >= 0.3 is 17.7 Å². The zero-order valence-corrected chi connectivity index (χ0v) is 28.0. The molecule has 50 heavy (non-hydrogen) atoms. The summed E-state index contributed by atoms with van der Waals surface area (Å²) in [7, 11) is -1.19. The number of likely N-dealkylation sites (tertiary alicyclic amines) is 1. The molecule has 262 valence electrons. The van der Waals surface area contributed by atoms with Crippen LogP contribution in [0.3, 0.4) is 0 Å². The van der Waals surface area contributed by atoms with Crippen LogP contribution in [0.1, 0.15) is 34.3 Å². The molecule has 0 aliphatic carbocycles. The van der Waals surface area contributed by atoms with Gasteiger partial charge in [0.25, 0.3) is 5.91 Å². The standard InChI is InChI=1S/C34H36N6O9S/c1-48-26-14-9-15-27(49-2)28(26)30(41)37-29-22(21-35-32(44)38-29)20-25(31(42)43)36-33(45)40-18-16-34(17-19-40,23-10-5-3-6-11-23)39-50(46,47)24-12-7-4-8-13-24/h3-15,21,25,39H,16-20H2,1-2H3,(H,36,45)(H,42,43)(H2,35,37,38,41,44). The van der Waals surface area contributed by atoms with Gasteiger partial charge in [-0.15, -0.1) is 0 Å². The number of aliphatic carboxylic acids is 1. The maximum atomic E-state index is 13.4. The minimum absolute atomic E-state index is 0.0342. The van der Waals surface area contributed by atoms with Gasteiger partial charge in [0.2, 0.25) is 10.0 Å². The zero-order chi connectivity index (χ0) is 35.9.